The summed E-state index contributed by atoms with van der Waals surface area (Å²) in [5, 5.41) is 11.5. The summed E-state index contributed by atoms with van der Waals surface area (Å²) in [6.07, 6.45) is 5.59. The molecule has 0 saturated heterocycles. The lowest BCUT2D eigenvalue weighted by Gasteiger charge is -2.17. The third kappa shape index (κ3) is 6.92. The zero-order chi connectivity index (χ0) is 19.8. The van der Waals surface area contributed by atoms with Crippen LogP contribution in [0.25, 0.3) is 11.3 Å². The second kappa shape index (κ2) is 11.6. The monoisotopic (exact) mass is 507 g/mol. The summed E-state index contributed by atoms with van der Waals surface area (Å²) in [6.45, 7) is 5.63. The number of aliphatic imine (C=N–C) groups is 1. The molecule has 1 aromatic carbocycles. The van der Waals surface area contributed by atoms with Crippen molar-refractivity contribution in [2.45, 2.75) is 39.3 Å². The van der Waals surface area contributed by atoms with Crippen LogP contribution in [0, 0.1) is 0 Å². The summed E-state index contributed by atoms with van der Waals surface area (Å²) < 4.78 is 7.25. The fraction of sp³-hybridized carbons (Fsp3) is 0.364. The highest BCUT2D eigenvalue weighted by Gasteiger charge is 2.11. The molecule has 0 fully saturated rings. The Morgan fingerprint density at radius 2 is 2.00 bits per heavy atom. The number of guanidine groups is 1. The third-order valence-corrected chi connectivity index (χ3v) is 4.60. The van der Waals surface area contributed by atoms with E-state index in [-0.39, 0.29) is 24.0 Å². The number of hydrogen-bond acceptors (Lipinski definition) is 3. The first-order valence-electron chi connectivity index (χ1n) is 9.81. The second-order valence-corrected chi connectivity index (χ2v) is 6.92. The second-order valence-electron chi connectivity index (χ2n) is 6.92. The van der Waals surface area contributed by atoms with Crippen LogP contribution in [0.2, 0.25) is 0 Å². The van der Waals surface area contributed by atoms with E-state index in [2.05, 4.69) is 41.7 Å². The molecule has 2 heterocycles. The van der Waals surface area contributed by atoms with Gasteiger partial charge in [0.05, 0.1) is 18.5 Å². The first-order valence-corrected chi connectivity index (χ1v) is 9.81. The molecule has 1 atom stereocenters. The molecule has 1 unspecified atom stereocenters. The van der Waals surface area contributed by atoms with Gasteiger partial charge in [0.1, 0.15) is 5.76 Å². The molecule has 3 rings (SSSR count). The number of benzene rings is 1. The van der Waals surface area contributed by atoms with Crippen molar-refractivity contribution in [2.24, 2.45) is 12.0 Å². The minimum Gasteiger partial charge on any atom is -0.469 e. The van der Waals surface area contributed by atoms with Gasteiger partial charge in [0, 0.05) is 43.4 Å². The molecule has 0 amide bonds. The Morgan fingerprint density at radius 3 is 2.69 bits per heavy atom. The van der Waals surface area contributed by atoms with Crippen molar-refractivity contribution in [3.63, 3.8) is 0 Å². The Hall–Kier alpha value is -2.29. The average molecular weight is 507 g/mol. The van der Waals surface area contributed by atoms with Crippen molar-refractivity contribution in [3.8, 4) is 11.3 Å². The van der Waals surface area contributed by atoms with E-state index in [0.717, 1.165) is 47.9 Å². The molecular weight excluding hydrogens is 477 g/mol. The summed E-state index contributed by atoms with van der Waals surface area (Å²) in [5.74, 6) is 1.78. The Bertz CT molecular complexity index is 874. The van der Waals surface area contributed by atoms with Gasteiger partial charge in [0.15, 0.2) is 5.96 Å². The Balaban J connectivity index is 0.00000300. The first-order chi connectivity index (χ1) is 13.7. The Kier molecular flexibility index (Phi) is 9.24. The van der Waals surface area contributed by atoms with Gasteiger partial charge in [-0.1, -0.05) is 37.3 Å². The highest BCUT2D eigenvalue weighted by molar-refractivity contribution is 14.0. The molecule has 0 aliphatic heterocycles. The summed E-state index contributed by atoms with van der Waals surface area (Å²) in [7, 11) is 1.94. The number of aryl methyl sites for hydroxylation is 1. The quantitative estimate of drug-likeness (QED) is 0.270. The van der Waals surface area contributed by atoms with E-state index in [1.807, 2.05) is 48.3 Å². The zero-order valence-corrected chi connectivity index (χ0v) is 19.6. The fourth-order valence-electron chi connectivity index (χ4n) is 2.90. The van der Waals surface area contributed by atoms with Crippen LogP contribution in [0.4, 0.5) is 0 Å². The largest absolute Gasteiger partial charge is 0.469 e. The van der Waals surface area contributed by atoms with Crippen LogP contribution in [-0.2, 0) is 20.0 Å². The fourth-order valence-corrected chi connectivity index (χ4v) is 2.90. The van der Waals surface area contributed by atoms with Crippen LogP contribution in [0.5, 0.6) is 0 Å². The van der Waals surface area contributed by atoms with Crippen molar-refractivity contribution >= 4 is 29.9 Å². The molecule has 0 radical (unpaired) electrons. The van der Waals surface area contributed by atoms with E-state index in [4.69, 9.17) is 9.41 Å². The maximum absolute atomic E-state index is 5.40. The lowest BCUT2D eigenvalue weighted by molar-refractivity contribution is 0.506. The summed E-state index contributed by atoms with van der Waals surface area (Å²) in [6, 6.07) is 14.5. The maximum Gasteiger partial charge on any atom is 0.191 e. The predicted octanol–water partition coefficient (Wildman–Crippen LogP) is 4.37. The minimum atomic E-state index is 0. The van der Waals surface area contributed by atoms with Gasteiger partial charge < -0.3 is 15.1 Å². The Labute approximate surface area is 189 Å². The molecule has 156 valence electrons. The molecule has 0 saturated carbocycles. The number of hydrogen-bond donors (Lipinski definition) is 2. The molecular formula is C22H30IN5O. The average Bonchev–Trinajstić information content (AvgIpc) is 3.36. The van der Waals surface area contributed by atoms with E-state index in [9.17, 15) is 0 Å². The van der Waals surface area contributed by atoms with E-state index < -0.39 is 0 Å². The highest BCUT2D eigenvalue weighted by atomic mass is 127. The zero-order valence-electron chi connectivity index (χ0n) is 17.3. The predicted molar refractivity (Wildman–Crippen MR) is 129 cm³/mol. The van der Waals surface area contributed by atoms with Gasteiger partial charge in [-0.3, -0.25) is 4.68 Å². The van der Waals surface area contributed by atoms with Crippen LogP contribution >= 0.6 is 24.0 Å². The van der Waals surface area contributed by atoms with E-state index >= 15 is 0 Å². The van der Waals surface area contributed by atoms with Gasteiger partial charge in [-0.2, -0.15) is 5.10 Å². The van der Waals surface area contributed by atoms with Gasteiger partial charge in [-0.15, -0.1) is 24.0 Å². The van der Waals surface area contributed by atoms with Crippen LogP contribution < -0.4 is 10.6 Å². The summed E-state index contributed by atoms with van der Waals surface area (Å²) >= 11 is 0. The van der Waals surface area contributed by atoms with Crippen molar-refractivity contribution in [2.75, 3.05) is 6.54 Å². The lowest BCUT2D eigenvalue weighted by Crippen LogP contribution is -2.42. The van der Waals surface area contributed by atoms with Crippen molar-refractivity contribution in [1.29, 1.82) is 0 Å². The molecule has 3 aromatic rings. The van der Waals surface area contributed by atoms with Crippen LogP contribution in [0.15, 0.2) is 64.3 Å². The number of furan rings is 1. The summed E-state index contributed by atoms with van der Waals surface area (Å²) in [4.78, 5) is 4.81. The van der Waals surface area contributed by atoms with Crippen molar-refractivity contribution < 1.29 is 4.42 Å². The number of nitrogens with one attached hydrogen (secondary N) is 2. The lowest BCUT2D eigenvalue weighted by atomic mass is 10.1. The van der Waals surface area contributed by atoms with Gasteiger partial charge in [0.25, 0.3) is 0 Å². The standard InChI is InChI=1S/C22H29N5O.HI/c1-4-17(2)25-22(23-13-12-20-11-8-14-28-20)24-15-19-16-27(3)26-21(19)18-9-6-5-7-10-18;/h5-11,14,16-17H,4,12-13,15H2,1-3H3,(H2,23,24,25);1H. The molecule has 7 heteroatoms. The van der Waals surface area contributed by atoms with Gasteiger partial charge in [0.2, 0.25) is 0 Å². The molecule has 0 spiro atoms. The number of halogens is 1. The van der Waals surface area contributed by atoms with Gasteiger partial charge >= 0.3 is 0 Å². The molecule has 29 heavy (non-hydrogen) atoms. The Morgan fingerprint density at radius 1 is 1.21 bits per heavy atom. The minimum absolute atomic E-state index is 0. The van der Waals surface area contributed by atoms with Gasteiger partial charge in [-0.05, 0) is 25.5 Å². The van der Waals surface area contributed by atoms with E-state index in [1.165, 1.54) is 0 Å². The molecule has 0 aliphatic rings. The van der Waals surface area contributed by atoms with Crippen LogP contribution in [0.1, 0.15) is 31.6 Å². The van der Waals surface area contributed by atoms with Crippen LogP contribution in [0.3, 0.4) is 0 Å². The third-order valence-electron chi connectivity index (χ3n) is 4.60. The number of aromatic nitrogens is 2. The SMILES string of the molecule is CCC(C)NC(=NCc1cn(C)nc1-c1ccccc1)NCCc1ccco1.I. The molecule has 0 aliphatic carbocycles. The van der Waals surface area contributed by atoms with Crippen LogP contribution in [-0.4, -0.2) is 28.3 Å². The molecule has 6 nitrogen and oxygen atoms in total. The number of rotatable bonds is 8. The summed E-state index contributed by atoms with van der Waals surface area (Å²) in [5.41, 5.74) is 3.19. The highest BCUT2D eigenvalue weighted by Crippen LogP contribution is 2.22. The maximum atomic E-state index is 5.40. The normalized spacial score (nSPS) is 12.3. The topological polar surface area (TPSA) is 67.4 Å². The van der Waals surface area contributed by atoms with Gasteiger partial charge in [-0.25, -0.2) is 4.99 Å². The van der Waals surface area contributed by atoms with Crippen molar-refractivity contribution in [3.05, 3.63) is 66.2 Å². The van der Waals surface area contributed by atoms with E-state index in [1.54, 1.807) is 6.26 Å². The molecule has 2 N–H and O–H groups in total. The number of nitrogens with zero attached hydrogens (tertiary/aromatic N) is 3. The first kappa shape index (κ1) is 23.0. The molecule has 0 bridgehead atoms. The molecule has 2 aromatic heterocycles. The van der Waals surface area contributed by atoms with Crippen molar-refractivity contribution in [1.82, 2.24) is 20.4 Å². The smallest absolute Gasteiger partial charge is 0.191 e. The van der Waals surface area contributed by atoms with E-state index in [0.29, 0.717) is 12.6 Å².